The number of nitrogens with zero attached hydrogens (tertiary/aromatic N) is 1. The van der Waals surface area contributed by atoms with Gasteiger partial charge in [0.1, 0.15) is 0 Å². The summed E-state index contributed by atoms with van der Waals surface area (Å²) in [6.45, 7) is 6.96. The second-order valence-corrected chi connectivity index (χ2v) is 15.2. The summed E-state index contributed by atoms with van der Waals surface area (Å²) >= 11 is 0. The highest BCUT2D eigenvalue weighted by Gasteiger charge is 2.67. The van der Waals surface area contributed by atoms with Gasteiger partial charge in [-0.15, -0.1) is 0 Å². The van der Waals surface area contributed by atoms with Gasteiger partial charge >= 0.3 is 13.4 Å². The van der Waals surface area contributed by atoms with Gasteiger partial charge in [-0.3, -0.25) is 9.05 Å². The van der Waals surface area contributed by atoms with Crippen molar-refractivity contribution in [3.05, 3.63) is 34.4 Å². The smallest absolute Gasteiger partial charge is 0.408 e. The SMILES string of the molecule is COP(=O)(OC1CCC2(C)C(CCC3C2CCC2(C)C(c4ccc(=O)oc4)CCC32O)C1)N1CCOCC1. The second-order valence-electron chi connectivity index (χ2n) is 13.1. The normalized spacial score (nSPS) is 45.0. The molecule has 38 heavy (non-hydrogen) atoms. The third-order valence-corrected chi connectivity index (χ3v) is 13.9. The van der Waals surface area contributed by atoms with E-state index in [1.807, 2.05) is 10.7 Å². The Hall–Kier alpha value is -1.02. The molecule has 0 bridgehead atoms. The van der Waals surface area contributed by atoms with Gasteiger partial charge in [0.05, 0.1) is 31.2 Å². The van der Waals surface area contributed by atoms with Gasteiger partial charge in [0.15, 0.2) is 0 Å². The fourth-order valence-electron chi connectivity index (χ4n) is 9.60. The first-order valence-corrected chi connectivity index (χ1v) is 16.1. The molecule has 1 aromatic rings. The van der Waals surface area contributed by atoms with Gasteiger partial charge in [-0.2, -0.15) is 0 Å². The number of aliphatic hydroxyl groups is 1. The zero-order chi connectivity index (χ0) is 26.8. The molecule has 5 fully saturated rings. The molecule has 9 atom stereocenters. The summed E-state index contributed by atoms with van der Waals surface area (Å²) in [5.41, 5.74) is -0.0653. The molecule has 1 N–H and O–H groups in total. The fraction of sp³-hybridized carbons (Fsp3) is 0.828. The predicted molar refractivity (Wildman–Crippen MR) is 143 cm³/mol. The minimum Gasteiger partial charge on any atom is -0.431 e. The average molecular weight is 550 g/mol. The quantitative estimate of drug-likeness (QED) is 0.491. The third-order valence-electron chi connectivity index (χ3n) is 11.8. The molecule has 212 valence electrons. The molecule has 0 aromatic carbocycles. The van der Waals surface area contributed by atoms with Crippen molar-refractivity contribution in [1.82, 2.24) is 4.67 Å². The molecule has 2 heterocycles. The lowest BCUT2D eigenvalue weighted by molar-refractivity contribution is -0.205. The van der Waals surface area contributed by atoms with Gasteiger partial charge < -0.3 is 14.3 Å². The van der Waals surface area contributed by atoms with Crippen LogP contribution in [0.3, 0.4) is 0 Å². The van der Waals surface area contributed by atoms with Gasteiger partial charge in [0, 0.05) is 31.7 Å². The Morgan fingerprint density at radius 2 is 1.82 bits per heavy atom. The molecule has 1 saturated heterocycles. The summed E-state index contributed by atoms with van der Waals surface area (Å²) in [5, 5.41) is 12.5. The van der Waals surface area contributed by atoms with Gasteiger partial charge in [-0.05, 0) is 98.5 Å². The Morgan fingerprint density at radius 3 is 2.53 bits per heavy atom. The van der Waals surface area contributed by atoms with E-state index in [2.05, 4.69) is 13.8 Å². The first kappa shape index (κ1) is 27.2. The van der Waals surface area contributed by atoms with E-state index < -0.39 is 13.3 Å². The van der Waals surface area contributed by atoms with Crippen LogP contribution in [0.4, 0.5) is 0 Å². The molecule has 1 aromatic heterocycles. The van der Waals surface area contributed by atoms with Crippen molar-refractivity contribution >= 4 is 7.75 Å². The van der Waals surface area contributed by atoms with E-state index in [0.717, 1.165) is 63.4 Å². The second kappa shape index (κ2) is 9.81. The third kappa shape index (κ3) is 4.12. The highest BCUT2D eigenvalue weighted by Crippen LogP contribution is 2.71. The Balaban J connectivity index is 1.18. The number of rotatable bonds is 5. The molecule has 1 aliphatic heterocycles. The van der Waals surface area contributed by atoms with Crippen molar-refractivity contribution in [1.29, 1.82) is 0 Å². The van der Waals surface area contributed by atoms with Crippen LogP contribution >= 0.6 is 7.75 Å². The first-order valence-electron chi connectivity index (χ1n) is 14.6. The summed E-state index contributed by atoms with van der Waals surface area (Å²) in [7, 11) is -1.84. The van der Waals surface area contributed by atoms with Crippen LogP contribution in [0.25, 0.3) is 0 Å². The van der Waals surface area contributed by atoms with Crippen LogP contribution in [0.2, 0.25) is 0 Å². The summed E-state index contributed by atoms with van der Waals surface area (Å²) < 4.78 is 37.9. The zero-order valence-electron chi connectivity index (χ0n) is 23.1. The zero-order valence-corrected chi connectivity index (χ0v) is 24.0. The van der Waals surface area contributed by atoms with Crippen LogP contribution in [-0.4, -0.2) is 54.9 Å². The van der Waals surface area contributed by atoms with Gasteiger partial charge in [-0.1, -0.05) is 13.8 Å². The molecular formula is C29H44NO7P. The summed E-state index contributed by atoms with van der Waals surface area (Å²) in [6, 6.07) is 3.41. The van der Waals surface area contributed by atoms with E-state index in [-0.39, 0.29) is 34.4 Å². The minimum absolute atomic E-state index is 0.0706. The molecule has 6 rings (SSSR count). The first-order chi connectivity index (χ1) is 18.1. The monoisotopic (exact) mass is 549 g/mol. The van der Waals surface area contributed by atoms with Crippen molar-refractivity contribution in [2.45, 2.75) is 89.3 Å². The molecule has 0 radical (unpaired) electrons. The maximum atomic E-state index is 13.6. The van der Waals surface area contributed by atoms with Crippen LogP contribution < -0.4 is 5.63 Å². The maximum absolute atomic E-state index is 13.6. The summed E-state index contributed by atoms with van der Waals surface area (Å²) in [6.07, 6.45) is 10.2. The van der Waals surface area contributed by atoms with Gasteiger partial charge in [-0.25, -0.2) is 14.0 Å². The van der Waals surface area contributed by atoms with E-state index in [9.17, 15) is 14.5 Å². The number of ether oxygens (including phenoxy) is 1. The molecule has 5 aliphatic rings. The predicted octanol–water partition coefficient (Wildman–Crippen LogP) is 5.35. The number of morpholine rings is 1. The van der Waals surface area contributed by atoms with Crippen LogP contribution in [-0.2, 0) is 18.3 Å². The topological polar surface area (TPSA) is 98.4 Å². The number of hydrogen-bond acceptors (Lipinski definition) is 7. The summed E-state index contributed by atoms with van der Waals surface area (Å²) in [4.78, 5) is 11.6. The summed E-state index contributed by atoms with van der Waals surface area (Å²) in [5.74, 6) is 1.45. The molecule has 9 heteroatoms. The van der Waals surface area contributed by atoms with Gasteiger partial charge in [0.25, 0.3) is 0 Å². The Kier molecular flexibility index (Phi) is 7.02. The lowest BCUT2D eigenvalue weighted by Crippen LogP contribution is -2.62. The van der Waals surface area contributed by atoms with E-state index >= 15 is 0 Å². The fourth-order valence-corrected chi connectivity index (χ4v) is 11.3. The van der Waals surface area contributed by atoms with Crippen LogP contribution in [0, 0.1) is 28.6 Å². The van der Waals surface area contributed by atoms with Crippen molar-refractivity contribution in [3.8, 4) is 0 Å². The van der Waals surface area contributed by atoms with Crippen molar-refractivity contribution in [2.24, 2.45) is 28.6 Å². The average Bonchev–Trinajstić information content (AvgIpc) is 3.21. The highest BCUT2D eigenvalue weighted by atomic mass is 31.2. The molecule has 0 amide bonds. The van der Waals surface area contributed by atoms with E-state index in [1.165, 1.54) is 13.2 Å². The number of hydrogen-bond donors (Lipinski definition) is 1. The largest absolute Gasteiger partial charge is 0.431 e. The standard InChI is InChI=1S/C29H44NO7P/c1-27-11-8-22(37-38(33,34-3)30-14-16-35-17-15-30)18-21(27)5-6-25-24(27)9-12-28(2)23(10-13-29(25,28)32)20-4-7-26(31)36-19-20/h4,7,19,21-25,32H,5-6,8-18H2,1-3H3. The van der Waals surface area contributed by atoms with E-state index in [1.54, 1.807) is 6.26 Å². The lowest BCUT2D eigenvalue weighted by atomic mass is 9.43. The maximum Gasteiger partial charge on any atom is 0.408 e. The van der Waals surface area contributed by atoms with Crippen molar-refractivity contribution < 1.29 is 27.9 Å². The molecule has 9 unspecified atom stereocenters. The number of fused-ring (bicyclic) bond motifs is 5. The molecule has 4 aliphatic carbocycles. The van der Waals surface area contributed by atoms with E-state index in [0.29, 0.717) is 38.1 Å². The van der Waals surface area contributed by atoms with Crippen LogP contribution in [0.1, 0.15) is 83.1 Å². The van der Waals surface area contributed by atoms with Crippen molar-refractivity contribution in [3.63, 3.8) is 0 Å². The molecule has 4 saturated carbocycles. The molecule has 0 spiro atoms. The van der Waals surface area contributed by atoms with Crippen molar-refractivity contribution in [2.75, 3.05) is 33.4 Å². The van der Waals surface area contributed by atoms with Gasteiger partial charge in [0.2, 0.25) is 0 Å². The van der Waals surface area contributed by atoms with E-state index in [4.69, 9.17) is 18.2 Å². The Morgan fingerprint density at radius 1 is 1.03 bits per heavy atom. The highest BCUT2D eigenvalue weighted by molar-refractivity contribution is 7.51. The van der Waals surface area contributed by atoms with Crippen LogP contribution in [0.5, 0.6) is 0 Å². The lowest BCUT2D eigenvalue weighted by Gasteiger charge is -2.63. The Bertz CT molecular complexity index is 1120. The molecular weight excluding hydrogens is 505 g/mol. The molecule has 8 nitrogen and oxygen atoms in total. The minimum atomic E-state index is -3.33. The van der Waals surface area contributed by atoms with Crippen LogP contribution in [0.15, 0.2) is 27.6 Å². The Labute approximate surface area is 226 Å².